The number of furan rings is 1. The van der Waals surface area contributed by atoms with Gasteiger partial charge >= 0.3 is 0 Å². The molecule has 0 saturated heterocycles. The lowest BCUT2D eigenvalue weighted by Gasteiger charge is -2.14. The SMILES string of the molecule is CN(Cc1cc(C(C)(C)C)n[nH]1)Cc1nnc(-c2ccco2)o1. The van der Waals surface area contributed by atoms with Gasteiger partial charge in [0.15, 0.2) is 5.76 Å². The first-order chi connectivity index (χ1) is 10.9. The van der Waals surface area contributed by atoms with E-state index < -0.39 is 0 Å². The van der Waals surface area contributed by atoms with E-state index in [9.17, 15) is 0 Å². The number of nitrogens with one attached hydrogen (secondary N) is 1. The summed E-state index contributed by atoms with van der Waals surface area (Å²) in [6.07, 6.45) is 1.58. The van der Waals surface area contributed by atoms with Gasteiger partial charge in [0.25, 0.3) is 5.89 Å². The third-order valence-electron chi connectivity index (χ3n) is 3.44. The summed E-state index contributed by atoms with van der Waals surface area (Å²) in [6, 6.07) is 5.68. The Hall–Kier alpha value is -2.41. The molecule has 3 heterocycles. The van der Waals surface area contributed by atoms with Crippen LogP contribution < -0.4 is 0 Å². The predicted octanol–water partition coefficient (Wildman–Crippen LogP) is 2.98. The number of hydrogen-bond donors (Lipinski definition) is 1. The number of H-pyrrole nitrogens is 1. The summed E-state index contributed by atoms with van der Waals surface area (Å²) < 4.78 is 10.9. The summed E-state index contributed by atoms with van der Waals surface area (Å²) in [5.74, 6) is 1.53. The number of aromatic amines is 1. The van der Waals surface area contributed by atoms with Crippen molar-refractivity contribution < 1.29 is 8.83 Å². The lowest BCUT2D eigenvalue weighted by Crippen LogP contribution is -2.17. The van der Waals surface area contributed by atoms with E-state index in [4.69, 9.17) is 8.83 Å². The number of aromatic nitrogens is 4. The van der Waals surface area contributed by atoms with Crippen LogP contribution in [0.25, 0.3) is 11.7 Å². The Morgan fingerprint density at radius 2 is 2.04 bits per heavy atom. The van der Waals surface area contributed by atoms with Gasteiger partial charge in [0, 0.05) is 17.7 Å². The smallest absolute Gasteiger partial charge is 0.283 e. The van der Waals surface area contributed by atoms with Gasteiger partial charge in [-0.25, -0.2) is 0 Å². The summed E-state index contributed by atoms with van der Waals surface area (Å²) in [5, 5.41) is 15.5. The number of rotatable bonds is 5. The second-order valence-corrected chi connectivity index (χ2v) is 6.68. The van der Waals surface area contributed by atoms with E-state index in [-0.39, 0.29) is 5.41 Å². The molecule has 0 amide bonds. The highest BCUT2D eigenvalue weighted by Crippen LogP contribution is 2.21. The van der Waals surface area contributed by atoms with Crippen LogP contribution in [-0.4, -0.2) is 32.3 Å². The average Bonchev–Trinajstić information content (AvgIpc) is 3.17. The molecule has 3 rings (SSSR count). The standard InChI is InChI=1S/C16H21N5O2/c1-16(2,3)13-8-11(17-18-13)9-21(4)10-14-19-20-15(23-14)12-6-5-7-22-12/h5-8H,9-10H2,1-4H3,(H,17,18). The average molecular weight is 315 g/mol. The molecule has 0 aliphatic rings. The summed E-state index contributed by atoms with van der Waals surface area (Å²) in [7, 11) is 1.99. The Morgan fingerprint density at radius 3 is 2.70 bits per heavy atom. The van der Waals surface area contributed by atoms with Crippen LogP contribution in [0.3, 0.4) is 0 Å². The zero-order valence-electron chi connectivity index (χ0n) is 13.8. The molecule has 7 heteroatoms. The Labute approximate surface area is 134 Å². The van der Waals surface area contributed by atoms with Crippen molar-refractivity contribution in [2.45, 2.75) is 39.3 Å². The molecule has 0 radical (unpaired) electrons. The van der Waals surface area contributed by atoms with E-state index in [0.29, 0.717) is 24.1 Å². The summed E-state index contributed by atoms with van der Waals surface area (Å²) in [6.45, 7) is 7.71. The van der Waals surface area contributed by atoms with Crippen LogP contribution in [0.1, 0.15) is 38.0 Å². The molecule has 122 valence electrons. The highest BCUT2D eigenvalue weighted by atomic mass is 16.4. The molecule has 7 nitrogen and oxygen atoms in total. The van der Waals surface area contributed by atoms with Crippen LogP contribution in [-0.2, 0) is 18.5 Å². The third-order valence-corrected chi connectivity index (χ3v) is 3.44. The van der Waals surface area contributed by atoms with Crippen molar-refractivity contribution in [2.75, 3.05) is 7.05 Å². The maximum absolute atomic E-state index is 5.61. The predicted molar refractivity (Wildman–Crippen MR) is 84.5 cm³/mol. The van der Waals surface area contributed by atoms with Gasteiger partial charge in [-0.1, -0.05) is 20.8 Å². The van der Waals surface area contributed by atoms with E-state index in [1.807, 2.05) is 7.05 Å². The first-order valence-electron chi connectivity index (χ1n) is 7.51. The van der Waals surface area contributed by atoms with E-state index in [1.54, 1.807) is 18.4 Å². The Morgan fingerprint density at radius 1 is 1.22 bits per heavy atom. The van der Waals surface area contributed by atoms with E-state index in [2.05, 4.69) is 52.1 Å². The molecular formula is C16H21N5O2. The topological polar surface area (TPSA) is 84.0 Å². The van der Waals surface area contributed by atoms with Crippen molar-refractivity contribution in [3.05, 3.63) is 41.7 Å². The van der Waals surface area contributed by atoms with Crippen LogP contribution in [0.2, 0.25) is 0 Å². The fraction of sp³-hybridized carbons (Fsp3) is 0.438. The third kappa shape index (κ3) is 3.68. The molecule has 0 aliphatic carbocycles. The molecule has 1 N–H and O–H groups in total. The zero-order chi connectivity index (χ0) is 16.4. The summed E-state index contributed by atoms with van der Waals surface area (Å²) in [4.78, 5) is 2.08. The van der Waals surface area contributed by atoms with Crippen LogP contribution >= 0.6 is 0 Å². The fourth-order valence-corrected chi connectivity index (χ4v) is 2.22. The van der Waals surface area contributed by atoms with Gasteiger partial charge in [-0.2, -0.15) is 5.10 Å². The van der Waals surface area contributed by atoms with E-state index in [0.717, 1.165) is 17.9 Å². The van der Waals surface area contributed by atoms with Gasteiger partial charge in [-0.3, -0.25) is 10.00 Å². The lowest BCUT2D eigenvalue weighted by molar-refractivity contribution is 0.279. The van der Waals surface area contributed by atoms with E-state index in [1.165, 1.54) is 0 Å². The Balaban J connectivity index is 1.61. The van der Waals surface area contributed by atoms with Crippen molar-refractivity contribution in [3.63, 3.8) is 0 Å². The molecular weight excluding hydrogens is 294 g/mol. The van der Waals surface area contributed by atoms with Crippen LogP contribution in [0.5, 0.6) is 0 Å². The van der Waals surface area contributed by atoms with Gasteiger partial charge in [-0.05, 0) is 25.2 Å². The highest BCUT2D eigenvalue weighted by molar-refractivity contribution is 5.42. The minimum absolute atomic E-state index is 0.0394. The first kappa shape index (κ1) is 15.5. The number of nitrogens with zero attached hydrogens (tertiary/aromatic N) is 4. The molecule has 3 aromatic rings. The summed E-state index contributed by atoms with van der Waals surface area (Å²) >= 11 is 0. The van der Waals surface area contributed by atoms with Crippen molar-refractivity contribution in [2.24, 2.45) is 0 Å². The molecule has 0 bridgehead atoms. The molecule has 0 spiro atoms. The lowest BCUT2D eigenvalue weighted by atomic mass is 9.92. The van der Waals surface area contributed by atoms with E-state index >= 15 is 0 Å². The quantitative estimate of drug-likeness (QED) is 0.779. The monoisotopic (exact) mass is 315 g/mol. The van der Waals surface area contributed by atoms with Crippen LogP contribution in [0, 0.1) is 0 Å². The van der Waals surface area contributed by atoms with Crippen LogP contribution in [0.4, 0.5) is 0 Å². The fourth-order valence-electron chi connectivity index (χ4n) is 2.22. The van der Waals surface area contributed by atoms with Gasteiger partial charge in [0.1, 0.15) is 0 Å². The maximum atomic E-state index is 5.61. The molecule has 0 saturated carbocycles. The Bertz CT molecular complexity index is 752. The highest BCUT2D eigenvalue weighted by Gasteiger charge is 2.18. The normalized spacial score (nSPS) is 12.2. The molecule has 0 unspecified atom stereocenters. The second-order valence-electron chi connectivity index (χ2n) is 6.68. The Kier molecular flexibility index (Phi) is 4.04. The summed E-state index contributed by atoms with van der Waals surface area (Å²) in [5.41, 5.74) is 2.15. The van der Waals surface area contributed by atoms with Crippen molar-refractivity contribution in [1.29, 1.82) is 0 Å². The van der Waals surface area contributed by atoms with Crippen molar-refractivity contribution in [1.82, 2.24) is 25.3 Å². The van der Waals surface area contributed by atoms with Crippen molar-refractivity contribution >= 4 is 0 Å². The maximum Gasteiger partial charge on any atom is 0.283 e. The second kappa shape index (κ2) is 6.00. The molecule has 0 aromatic carbocycles. The van der Waals surface area contributed by atoms with Gasteiger partial charge in [0.05, 0.1) is 18.5 Å². The first-order valence-corrected chi connectivity index (χ1v) is 7.51. The minimum Gasteiger partial charge on any atom is -0.459 e. The van der Waals surface area contributed by atoms with Crippen LogP contribution in [0.15, 0.2) is 33.3 Å². The van der Waals surface area contributed by atoms with Gasteiger partial charge in [0.2, 0.25) is 5.89 Å². The largest absolute Gasteiger partial charge is 0.459 e. The minimum atomic E-state index is 0.0394. The zero-order valence-corrected chi connectivity index (χ0v) is 13.8. The van der Waals surface area contributed by atoms with Crippen molar-refractivity contribution in [3.8, 4) is 11.7 Å². The molecule has 0 atom stereocenters. The molecule has 3 aromatic heterocycles. The number of hydrogen-bond acceptors (Lipinski definition) is 6. The van der Waals surface area contributed by atoms with Gasteiger partial charge in [-0.15, -0.1) is 10.2 Å². The molecule has 0 aliphatic heterocycles. The molecule has 0 fully saturated rings. The molecule has 23 heavy (non-hydrogen) atoms. The van der Waals surface area contributed by atoms with Gasteiger partial charge < -0.3 is 8.83 Å².